The molecule has 1 amide bonds. The maximum atomic E-state index is 12.6. The minimum absolute atomic E-state index is 0.0873. The van der Waals surface area contributed by atoms with Crippen LogP contribution in [0.3, 0.4) is 0 Å². The number of nitrogens with one attached hydrogen (secondary N) is 1. The molecule has 1 aliphatic rings. The summed E-state index contributed by atoms with van der Waals surface area (Å²) in [5.41, 5.74) is 0.672. The van der Waals surface area contributed by atoms with Crippen LogP contribution in [0, 0.1) is 0 Å². The summed E-state index contributed by atoms with van der Waals surface area (Å²) in [7, 11) is -3.44. The highest BCUT2D eigenvalue weighted by molar-refractivity contribution is 9.11. The molecule has 1 aromatic carbocycles. The van der Waals surface area contributed by atoms with E-state index < -0.39 is 10.0 Å². The van der Waals surface area contributed by atoms with Crippen LogP contribution in [0.25, 0.3) is 0 Å². The number of amides is 1. The molecule has 0 atom stereocenters. The van der Waals surface area contributed by atoms with E-state index in [1.807, 2.05) is 0 Å². The van der Waals surface area contributed by atoms with Crippen molar-refractivity contribution in [3.63, 3.8) is 0 Å². The molecule has 0 bridgehead atoms. The van der Waals surface area contributed by atoms with E-state index in [1.54, 1.807) is 36.4 Å². The molecule has 1 fully saturated rings. The molecule has 1 saturated heterocycles. The molecule has 0 aliphatic carbocycles. The van der Waals surface area contributed by atoms with E-state index in [4.69, 9.17) is 11.6 Å². The van der Waals surface area contributed by atoms with E-state index in [0.717, 1.165) is 3.79 Å². The number of halogens is 2. The number of sulfonamides is 1. The summed E-state index contributed by atoms with van der Waals surface area (Å²) in [4.78, 5) is 14.2. The van der Waals surface area contributed by atoms with Gasteiger partial charge in [0.25, 0.3) is 10.0 Å². The van der Waals surface area contributed by atoms with Crippen LogP contribution >= 0.6 is 38.9 Å². The monoisotopic (exact) mass is 491 g/mol. The Balaban J connectivity index is 1.46. The maximum Gasteiger partial charge on any atom is 0.252 e. The Morgan fingerprint density at radius 1 is 1.19 bits per heavy atom. The fourth-order valence-electron chi connectivity index (χ4n) is 2.81. The van der Waals surface area contributed by atoms with Gasteiger partial charge in [-0.15, -0.1) is 11.3 Å². The Morgan fingerprint density at radius 3 is 2.56 bits per heavy atom. The van der Waals surface area contributed by atoms with E-state index in [0.29, 0.717) is 54.1 Å². The van der Waals surface area contributed by atoms with Crippen molar-refractivity contribution in [2.24, 2.45) is 0 Å². The number of benzene rings is 1. The number of piperazine rings is 1. The Hall–Kier alpha value is -0.970. The lowest BCUT2D eigenvalue weighted by molar-refractivity contribution is -0.116. The van der Waals surface area contributed by atoms with Crippen molar-refractivity contribution < 1.29 is 13.2 Å². The largest absolute Gasteiger partial charge is 0.326 e. The van der Waals surface area contributed by atoms with Gasteiger partial charge in [0.1, 0.15) is 4.21 Å². The zero-order valence-electron chi connectivity index (χ0n) is 14.4. The molecule has 146 valence electrons. The normalized spacial score (nSPS) is 16.4. The summed E-state index contributed by atoms with van der Waals surface area (Å²) in [6.07, 6.45) is 0.344. The number of hydrogen-bond donors (Lipinski definition) is 1. The van der Waals surface area contributed by atoms with Crippen molar-refractivity contribution in [3.05, 3.63) is 45.2 Å². The molecular formula is C17H19BrClN3O3S2. The van der Waals surface area contributed by atoms with Crippen LogP contribution in [0.15, 0.2) is 44.4 Å². The van der Waals surface area contributed by atoms with Gasteiger partial charge < -0.3 is 10.2 Å². The number of nitrogens with zero attached hydrogens (tertiary/aromatic N) is 2. The van der Waals surface area contributed by atoms with Crippen molar-refractivity contribution in [3.8, 4) is 0 Å². The van der Waals surface area contributed by atoms with Crippen molar-refractivity contribution in [1.82, 2.24) is 9.21 Å². The molecule has 2 heterocycles. The van der Waals surface area contributed by atoms with Gasteiger partial charge in [0.05, 0.1) is 3.79 Å². The molecule has 1 aliphatic heterocycles. The third-order valence-corrected chi connectivity index (χ3v) is 8.46. The molecule has 0 radical (unpaired) electrons. The molecule has 10 heteroatoms. The smallest absolute Gasteiger partial charge is 0.252 e. The Morgan fingerprint density at radius 2 is 1.93 bits per heavy atom. The Bertz CT molecular complexity index is 912. The summed E-state index contributed by atoms with van der Waals surface area (Å²) >= 11 is 10.4. The number of hydrogen-bond acceptors (Lipinski definition) is 5. The van der Waals surface area contributed by atoms with Crippen LogP contribution in [0.2, 0.25) is 5.02 Å². The molecule has 27 heavy (non-hydrogen) atoms. The first-order chi connectivity index (χ1) is 12.8. The van der Waals surface area contributed by atoms with Crippen LogP contribution in [0.4, 0.5) is 5.69 Å². The molecule has 3 rings (SSSR count). The predicted octanol–water partition coefficient (Wildman–Crippen LogP) is 3.50. The zero-order valence-corrected chi connectivity index (χ0v) is 18.4. The standard InChI is InChI=1S/C17H19BrClN3O3S2/c18-15-4-5-17(26-15)27(24,25)22-10-8-21(9-11-22)7-6-16(23)20-14-3-1-2-13(19)12-14/h1-5,12H,6-11H2,(H,20,23). The van der Waals surface area contributed by atoms with Crippen molar-refractivity contribution in [1.29, 1.82) is 0 Å². The van der Waals surface area contributed by atoms with E-state index in [-0.39, 0.29) is 5.91 Å². The van der Waals surface area contributed by atoms with Crippen LogP contribution in [0.1, 0.15) is 6.42 Å². The third-order valence-electron chi connectivity index (χ3n) is 4.24. The highest BCUT2D eigenvalue weighted by Gasteiger charge is 2.29. The minimum Gasteiger partial charge on any atom is -0.326 e. The Labute approximate surface area is 176 Å². The van der Waals surface area contributed by atoms with Gasteiger partial charge in [0, 0.05) is 49.9 Å². The second-order valence-electron chi connectivity index (χ2n) is 6.11. The second-order valence-corrected chi connectivity index (χ2v) is 11.2. The SMILES string of the molecule is O=C(CCN1CCN(S(=O)(=O)c2ccc(Br)s2)CC1)Nc1cccc(Cl)c1. The molecular weight excluding hydrogens is 474 g/mol. The van der Waals surface area contributed by atoms with E-state index >= 15 is 0 Å². The molecule has 0 unspecified atom stereocenters. The lowest BCUT2D eigenvalue weighted by Crippen LogP contribution is -2.48. The first-order valence-electron chi connectivity index (χ1n) is 8.38. The summed E-state index contributed by atoms with van der Waals surface area (Å²) < 4.78 is 27.9. The van der Waals surface area contributed by atoms with Crippen LogP contribution in [0.5, 0.6) is 0 Å². The molecule has 0 saturated carbocycles. The number of carbonyl (C=O) groups excluding carboxylic acids is 1. The van der Waals surface area contributed by atoms with Gasteiger partial charge >= 0.3 is 0 Å². The number of thiophene rings is 1. The average molecular weight is 493 g/mol. The molecule has 0 spiro atoms. The van der Waals surface area contributed by atoms with E-state index in [1.165, 1.54) is 15.6 Å². The zero-order chi connectivity index (χ0) is 19.4. The molecule has 1 N–H and O–H groups in total. The van der Waals surface area contributed by atoms with Gasteiger partial charge in [-0.3, -0.25) is 4.79 Å². The van der Waals surface area contributed by atoms with Gasteiger partial charge in [-0.2, -0.15) is 4.31 Å². The topological polar surface area (TPSA) is 69.7 Å². The van der Waals surface area contributed by atoms with E-state index in [9.17, 15) is 13.2 Å². The fraction of sp³-hybridized carbons (Fsp3) is 0.353. The summed E-state index contributed by atoms with van der Waals surface area (Å²) in [5, 5.41) is 3.39. The van der Waals surface area contributed by atoms with E-state index in [2.05, 4.69) is 26.1 Å². The predicted molar refractivity (Wildman–Crippen MR) is 112 cm³/mol. The van der Waals surface area contributed by atoms with Crippen molar-refractivity contribution in [2.45, 2.75) is 10.6 Å². The molecule has 1 aromatic heterocycles. The van der Waals surface area contributed by atoms with Crippen LogP contribution in [-0.2, 0) is 14.8 Å². The van der Waals surface area contributed by atoms with Gasteiger partial charge in [-0.1, -0.05) is 17.7 Å². The Kier molecular flexibility index (Phi) is 6.93. The highest BCUT2D eigenvalue weighted by Crippen LogP contribution is 2.29. The lowest BCUT2D eigenvalue weighted by Gasteiger charge is -2.33. The van der Waals surface area contributed by atoms with Crippen LogP contribution < -0.4 is 5.32 Å². The van der Waals surface area contributed by atoms with Gasteiger partial charge in [-0.05, 0) is 46.3 Å². The third kappa shape index (κ3) is 5.52. The van der Waals surface area contributed by atoms with Crippen molar-refractivity contribution >= 4 is 60.5 Å². The van der Waals surface area contributed by atoms with Gasteiger partial charge in [0.15, 0.2) is 0 Å². The van der Waals surface area contributed by atoms with Gasteiger partial charge in [0.2, 0.25) is 5.91 Å². The maximum absolute atomic E-state index is 12.6. The second kappa shape index (κ2) is 9.02. The number of anilines is 1. The average Bonchev–Trinajstić information content (AvgIpc) is 3.08. The van der Waals surface area contributed by atoms with Gasteiger partial charge in [-0.25, -0.2) is 8.42 Å². The lowest BCUT2D eigenvalue weighted by atomic mass is 10.3. The first kappa shape index (κ1) is 20.8. The number of carbonyl (C=O) groups is 1. The molecule has 6 nitrogen and oxygen atoms in total. The summed E-state index contributed by atoms with van der Waals surface area (Å²) in [5.74, 6) is -0.0873. The van der Waals surface area contributed by atoms with Crippen molar-refractivity contribution in [2.75, 3.05) is 38.0 Å². The minimum atomic E-state index is -3.44. The molecule has 2 aromatic rings. The first-order valence-corrected chi connectivity index (χ1v) is 11.8. The quantitative estimate of drug-likeness (QED) is 0.670. The summed E-state index contributed by atoms with van der Waals surface area (Å²) in [6, 6.07) is 10.4. The number of rotatable bonds is 6. The fourth-order valence-corrected chi connectivity index (χ4v) is 6.58. The highest BCUT2D eigenvalue weighted by atomic mass is 79.9. The van der Waals surface area contributed by atoms with Crippen LogP contribution in [-0.4, -0.2) is 56.3 Å². The summed E-state index contributed by atoms with van der Waals surface area (Å²) in [6.45, 7) is 2.65.